The summed E-state index contributed by atoms with van der Waals surface area (Å²) in [5.41, 5.74) is -1.04. The highest BCUT2D eigenvalue weighted by atomic mass is 19.3. The SMILES string of the molecule is CC1CC(C)(C)CC[C@@]1(CC[C@]1(C)CC(=O)C=C2[C@@]3(C)C=C(C#N)C(=O)[C@@H](C)[C@@H]3CC[C@]21C)NC(=O)C(C)(F)F. The van der Waals surface area contributed by atoms with Crippen molar-refractivity contribution in [2.75, 3.05) is 0 Å². The zero-order valence-electron chi connectivity index (χ0n) is 25.5. The first-order chi connectivity index (χ1) is 18.2. The fourth-order valence-corrected chi connectivity index (χ4v) is 9.00. The van der Waals surface area contributed by atoms with Crippen molar-refractivity contribution in [2.24, 2.45) is 39.4 Å². The molecular formula is C33H46F2N2O3. The first-order valence-electron chi connectivity index (χ1n) is 14.9. The van der Waals surface area contributed by atoms with E-state index in [0.29, 0.717) is 32.6 Å². The predicted octanol–water partition coefficient (Wildman–Crippen LogP) is 7.12. The van der Waals surface area contributed by atoms with Gasteiger partial charge in [0.05, 0.1) is 5.57 Å². The van der Waals surface area contributed by atoms with Crippen molar-refractivity contribution < 1.29 is 23.2 Å². The second-order valence-electron chi connectivity index (χ2n) is 15.1. The number of carbonyl (C=O) groups is 3. The van der Waals surface area contributed by atoms with Gasteiger partial charge < -0.3 is 5.32 Å². The molecule has 0 bridgehead atoms. The van der Waals surface area contributed by atoms with Crippen molar-refractivity contribution in [3.63, 3.8) is 0 Å². The highest BCUT2D eigenvalue weighted by Crippen LogP contribution is 2.67. The predicted molar refractivity (Wildman–Crippen MR) is 150 cm³/mol. The van der Waals surface area contributed by atoms with Gasteiger partial charge in [0.2, 0.25) is 0 Å². The molecule has 40 heavy (non-hydrogen) atoms. The second-order valence-corrected chi connectivity index (χ2v) is 15.1. The molecule has 0 saturated heterocycles. The summed E-state index contributed by atoms with van der Waals surface area (Å²) in [7, 11) is 0. The summed E-state index contributed by atoms with van der Waals surface area (Å²) in [6.45, 7) is 15.4. The molecule has 4 aliphatic carbocycles. The van der Waals surface area contributed by atoms with Crippen molar-refractivity contribution in [1.82, 2.24) is 5.32 Å². The highest BCUT2D eigenvalue weighted by molar-refractivity contribution is 6.02. The van der Waals surface area contributed by atoms with Crippen LogP contribution in [0.3, 0.4) is 0 Å². The van der Waals surface area contributed by atoms with E-state index in [2.05, 4.69) is 52.9 Å². The number of fused-ring (bicyclic) bond motifs is 3. The number of carbonyl (C=O) groups excluding carboxylic acids is 3. The van der Waals surface area contributed by atoms with E-state index in [4.69, 9.17) is 0 Å². The van der Waals surface area contributed by atoms with Gasteiger partial charge in [-0.25, -0.2) is 0 Å². The molecule has 0 aromatic carbocycles. The Kier molecular flexibility index (Phi) is 7.34. The van der Waals surface area contributed by atoms with Gasteiger partial charge in [0.25, 0.3) is 5.91 Å². The van der Waals surface area contributed by atoms with E-state index >= 15 is 0 Å². The molecule has 1 N–H and O–H groups in total. The fraction of sp³-hybridized carbons (Fsp3) is 0.758. The summed E-state index contributed by atoms with van der Waals surface area (Å²) in [5, 5.41) is 12.6. The molecule has 220 valence electrons. The monoisotopic (exact) mass is 556 g/mol. The topological polar surface area (TPSA) is 87.0 Å². The van der Waals surface area contributed by atoms with Gasteiger partial charge in [-0.15, -0.1) is 0 Å². The third-order valence-corrected chi connectivity index (χ3v) is 11.9. The number of hydrogen-bond acceptors (Lipinski definition) is 4. The highest BCUT2D eigenvalue weighted by Gasteiger charge is 2.61. The second kappa shape index (κ2) is 9.60. The standard InChI is InChI=1S/C33H46F2N2O3/c1-20-16-28(3,4)11-13-33(20,37-27(40)32(8,34)35)14-12-29(5)18-23(38)15-25-30(6)17-22(19-36)26(39)21(2)24(30)9-10-31(25,29)7/h15,17,20-21,24H,9-14,16,18H2,1-8H3,(H,37,40)/t20?,21-,24-,29+,30-,31+,33-/m0/s1. The summed E-state index contributed by atoms with van der Waals surface area (Å²) in [5.74, 6) is -5.13. The van der Waals surface area contributed by atoms with Gasteiger partial charge in [-0.2, -0.15) is 14.0 Å². The molecular weight excluding hydrogens is 510 g/mol. The summed E-state index contributed by atoms with van der Waals surface area (Å²) in [6.07, 6.45) is 8.85. The van der Waals surface area contributed by atoms with Crippen LogP contribution in [0.15, 0.2) is 23.3 Å². The van der Waals surface area contributed by atoms with Crippen LogP contribution in [0.1, 0.15) is 107 Å². The Labute approximate surface area is 238 Å². The number of nitrogens with zero attached hydrogens (tertiary/aromatic N) is 1. The molecule has 0 heterocycles. The first kappa shape index (κ1) is 30.6. The first-order valence-corrected chi connectivity index (χ1v) is 14.9. The molecule has 0 spiro atoms. The van der Waals surface area contributed by atoms with E-state index in [0.717, 1.165) is 31.3 Å². The van der Waals surface area contributed by atoms with Gasteiger partial charge in [0.1, 0.15) is 6.07 Å². The van der Waals surface area contributed by atoms with Crippen molar-refractivity contribution in [1.29, 1.82) is 5.26 Å². The lowest BCUT2D eigenvalue weighted by atomic mass is 9.42. The Morgan fingerprint density at radius 1 is 1.10 bits per heavy atom. The number of amides is 1. The molecule has 2 fully saturated rings. The van der Waals surface area contributed by atoms with Gasteiger partial charge in [0.15, 0.2) is 11.6 Å². The summed E-state index contributed by atoms with van der Waals surface area (Å²) in [4.78, 5) is 38.9. The molecule has 2 saturated carbocycles. The fourth-order valence-electron chi connectivity index (χ4n) is 9.00. The average Bonchev–Trinajstić information content (AvgIpc) is 2.83. The number of Topliss-reactive ketones (excluding diaryl/α,β-unsaturated/α-hetero) is 1. The number of alkyl halides is 2. The molecule has 1 amide bonds. The van der Waals surface area contributed by atoms with Gasteiger partial charge in [-0.1, -0.05) is 60.1 Å². The average molecular weight is 557 g/mol. The molecule has 7 heteroatoms. The van der Waals surface area contributed by atoms with Gasteiger partial charge in [-0.3, -0.25) is 14.4 Å². The minimum atomic E-state index is -3.47. The number of ketones is 2. The molecule has 4 aliphatic rings. The van der Waals surface area contributed by atoms with E-state index in [1.165, 1.54) is 0 Å². The number of nitrogens with one attached hydrogen (secondary N) is 1. The summed E-state index contributed by atoms with van der Waals surface area (Å²) < 4.78 is 28.3. The van der Waals surface area contributed by atoms with Crippen LogP contribution in [0.5, 0.6) is 0 Å². The van der Waals surface area contributed by atoms with E-state index in [1.807, 2.05) is 6.92 Å². The van der Waals surface area contributed by atoms with Gasteiger partial charge in [-0.05, 0) is 79.1 Å². The number of nitriles is 1. The number of hydrogen-bond donors (Lipinski definition) is 1. The van der Waals surface area contributed by atoms with E-state index in [1.54, 1.807) is 12.2 Å². The van der Waals surface area contributed by atoms with Gasteiger partial charge >= 0.3 is 5.92 Å². The van der Waals surface area contributed by atoms with Crippen LogP contribution >= 0.6 is 0 Å². The van der Waals surface area contributed by atoms with Crippen molar-refractivity contribution in [3.8, 4) is 6.07 Å². The normalized spacial score (nSPS) is 41.2. The Morgan fingerprint density at radius 3 is 2.33 bits per heavy atom. The van der Waals surface area contributed by atoms with Crippen LogP contribution in [0.2, 0.25) is 0 Å². The van der Waals surface area contributed by atoms with Crippen LogP contribution in [-0.4, -0.2) is 28.9 Å². The van der Waals surface area contributed by atoms with E-state index < -0.39 is 28.2 Å². The maximum Gasteiger partial charge on any atom is 0.321 e. The Morgan fingerprint density at radius 2 is 1.75 bits per heavy atom. The maximum atomic E-state index is 14.1. The van der Waals surface area contributed by atoms with Crippen molar-refractivity contribution in [2.45, 2.75) is 118 Å². The van der Waals surface area contributed by atoms with Crippen LogP contribution in [0, 0.1) is 50.7 Å². The Balaban J connectivity index is 1.72. The van der Waals surface area contributed by atoms with Crippen LogP contribution in [0.4, 0.5) is 8.78 Å². The number of halogens is 2. The van der Waals surface area contributed by atoms with Crippen LogP contribution < -0.4 is 5.32 Å². The molecule has 0 radical (unpaired) electrons. The van der Waals surface area contributed by atoms with Gasteiger partial charge in [0, 0.05) is 30.2 Å². The van der Waals surface area contributed by atoms with Crippen LogP contribution in [-0.2, 0) is 14.4 Å². The third-order valence-electron chi connectivity index (χ3n) is 11.9. The quantitative estimate of drug-likeness (QED) is 0.391. The lowest BCUT2D eigenvalue weighted by Crippen LogP contribution is -2.60. The van der Waals surface area contributed by atoms with Crippen molar-refractivity contribution >= 4 is 17.5 Å². The molecule has 7 atom stereocenters. The lowest BCUT2D eigenvalue weighted by molar-refractivity contribution is -0.147. The number of allylic oxidation sites excluding steroid dienone is 4. The molecule has 5 nitrogen and oxygen atoms in total. The Hall–Kier alpha value is -2.36. The third kappa shape index (κ3) is 4.77. The molecule has 0 aromatic rings. The molecule has 1 unspecified atom stereocenters. The smallest absolute Gasteiger partial charge is 0.321 e. The largest absolute Gasteiger partial charge is 0.345 e. The van der Waals surface area contributed by atoms with E-state index in [9.17, 15) is 28.4 Å². The zero-order chi connectivity index (χ0) is 30.1. The van der Waals surface area contributed by atoms with E-state index in [-0.39, 0.29) is 45.7 Å². The minimum Gasteiger partial charge on any atom is -0.345 e. The molecule has 0 aromatic heterocycles. The Bertz CT molecular complexity index is 1220. The molecule has 0 aliphatic heterocycles. The number of rotatable bonds is 5. The molecule has 4 rings (SSSR count). The minimum absolute atomic E-state index is 0.00425. The lowest BCUT2D eigenvalue weighted by Gasteiger charge is -2.62. The maximum absolute atomic E-state index is 14.1. The van der Waals surface area contributed by atoms with Crippen LogP contribution in [0.25, 0.3) is 0 Å². The van der Waals surface area contributed by atoms with Crippen molar-refractivity contribution in [3.05, 3.63) is 23.3 Å². The summed E-state index contributed by atoms with van der Waals surface area (Å²) >= 11 is 0. The summed E-state index contributed by atoms with van der Waals surface area (Å²) in [6, 6.07) is 2.10. The zero-order valence-corrected chi connectivity index (χ0v) is 25.5.